The van der Waals surface area contributed by atoms with Crippen LogP contribution in [0.2, 0.25) is 0 Å². The Morgan fingerprint density at radius 2 is 1.96 bits per heavy atom. The number of hydrogen-bond donors (Lipinski definition) is 0. The van der Waals surface area contributed by atoms with Gasteiger partial charge in [-0.15, -0.1) is 0 Å². The van der Waals surface area contributed by atoms with E-state index in [1.807, 2.05) is 17.2 Å². The van der Waals surface area contributed by atoms with E-state index in [0.29, 0.717) is 12.5 Å². The van der Waals surface area contributed by atoms with Crippen molar-refractivity contribution in [3.8, 4) is 11.1 Å². The highest BCUT2D eigenvalue weighted by atomic mass is 16.5. The average Bonchev–Trinajstić information content (AvgIpc) is 2.82. The standard InChI is InChI=1S/C21H24N2O2/c24-21-15-25-14-19-11-17(18-7-4-10-22-12-18)8-9-20(19)23(21)13-16-5-2-1-3-6-16/h4,7-12,16H,1-3,5-6,13-15H2. The lowest BCUT2D eigenvalue weighted by Crippen LogP contribution is -2.37. The van der Waals surface area contributed by atoms with Crippen LogP contribution in [-0.2, 0) is 16.1 Å². The zero-order valence-electron chi connectivity index (χ0n) is 14.5. The summed E-state index contributed by atoms with van der Waals surface area (Å²) in [5.41, 5.74) is 4.30. The fraction of sp³-hybridized carbons (Fsp3) is 0.429. The van der Waals surface area contributed by atoms with Gasteiger partial charge in [0.2, 0.25) is 0 Å². The molecule has 0 radical (unpaired) electrons. The topological polar surface area (TPSA) is 42.4 Å². The number of amides is 1. The molecule has 0 bridgehead atoms. The van der Waals surface area contributed by atoms with E-state index in [1.54, 1.807) is 6.20 Å². The van der Waals surface area contributed by atoms with Crippen molar-refractivity contribution in [2.45, 2.75) is 38.7 Å². The summed E-state index contributed by atoms with van der Waals surface area (Å²) in [5, 5.41) is 0. The van der Waals surface area contributed by atoms with Gasteiger partial charge in [0.15, 0.2) is 0 Å². The largest absolute Gasteiger partial charge is 0.367 e. The molecule has 1 aliphatic heterocycles. The fourth-order valence-corrected chi connectivity index (χ4v) is 3.97. The summed E-state index contributed by atoms with van der Waals surface area (Å²) in [6.45, 7) is 1.47. The van der Waals surface area contributed by atoms with Gasteiger partial charge in [-0.25, -0.2) is 0 Å². The number of ether oxygens (including phenoxy) is 1. The van der Waals surface area contributed by atoms with Crippen LogP contribution in [0.15, 0.2) is 42.7 Å². The van der Waals surface area contributed by atoms with Crippen LogP contribution in [-0.4, -0.2) is 24.0 Å². The van der Waals surface area contributed by atoms with E-state index >= 15 is 0 Å². The van der Waals surface area contributed by atoms with Crippen LogP contribution in [0.4, 0.5) is 5.69 Å². The van der Waals surface area contributed by atoms with Crippen molar-refractivity contribution in [1.29, 1.82) is 0 Å². The maximum Gasteiger partial charge on any atom is 0.253 e. The van der Waals surface area contributed by atoms with Crippen LogP contribution in [0.3, 0.4) is 0 Å². The molecular weight excluding hydrogens is 312 g/mol. The quantitative estimate of drug-likeness (QED) is 0.844. The van der Waals surface area contributed by atoms with E-state index < -0.39 is 0 Å². The Morgan fingerprint density at radius 3 is 2.76 bits per heavy atom. The number of pyridine rings is 1. The molecule has 0 spiro atoms. The van der Waals surface area contributed by atoms with E-state index in [9.17, 15) is 4.79 Å². The third-order valence-corrected chi connectivity index (χ3v) is 5.31. The normalized spacial score (nSPS) is 18.7. The summed E-state index contributed by atoms with van der Waals surface area (Å²) >= 11 is 0. The first kappa shape index (κ1) is 16.3. The molecule has 1 aromatic carbocycles. The Morgan fingerprint density at radius 1 is 1.08 bits per heavy atom. The van der Waals surface area contributed by atoms with Gasteiger partial charge < -0.3 is 9.64 Å². The third kappa shape index (κ3) is 3.59. The Kier molecular flexibility index (Phi) is 4.79. The fourth-order valence-electron chi connectivity index (χ4n) is 3.97. The molecule has 0 unspecified atom stereocenters. The van der Waals surface area contributed by atoms with Crippen molar-refractivity contribution in [3.63, 3.8) is 0 Å². The van der Waals surface area contributed by atoms with Gasteiger partial charge in [0.1, 0.15) is 6.61 Å². The monoisotopic (exact) mass is 336 g/mol. The average molecular weight is 336 g/mol. The van der Waals surface area contributed by atoms with Gasteiger partial charge in [0, 0.05) is 35.8 Å². The Bertz CT molecular complexity index is 739. The zero-order chi connectivity index (χ0) is 17.1. The second-order valence-electron chi connectivity index (χ2n) is 7.09. The molecule has 1 aliphatic carbocycles. The molecule has 0 atom stereocenters. The number of anilines is 1. The lowest BCUT2D eigenvalue weighted by atomic mass is 9.88. The van der Waals surface area contributed by atoms with E-state index in [1.165, 1.54) is 32.1 Å². The summed E-state index contributed by atoms with van der Waals surface area (Å²) in [6.07, 6.45) is 10.0. The molecule has 0 N–H and O–H groups in total. The second-order valence-corrected chi connectivity index (χ2v) is 7.09. The second kappa shape index (κ2) is 7.36. The number of aromatic nitrogens is 1. The van der Waals surface area contributed by atoms with Crippen molar-refractivity contribution < 1.29 is 9.53 Å². The summed E-state index contributed by atoms with van der Waals surface area (Å²) < 4.78 is 5.64. The van der Waals surface area contributed by atoms with Crippen LogP contribution < -0.4 is 4.90 Å². The Hall–Kier alpha value is -2.20. The minimum Gasteiger partial charge on any atom is -0.367 e. The van der Waals surface area contributed by atoms with E-state index in [2.05, 4.69) is 29.2 Å². The van der Waals surface area contributed by atoms with Gasteiger partial charge >= 0.3 is 0 Å². The maximum absolute atomic E-state index is 12.6. The van der Waals surface area contributed by atoms with Gasteiger partial charge in [-0.2, -0.15) is 0 Å². The summed E-state index contributed by atoms with van der Waals surface area (Å²) in [6, 6.07) is 10.3. The molecule has 2 aromatic rings. The predicted octanol–water partition coefficient (Wildman–Crippen LogP) is 4.19. The molecule has 4 nitrogen and oxygen atoms in total. The first-order valence-corrected chi connectivity index (χ1v) is 9.23. The zero-order valence-corrected chi connectivity index (χ0v) is 14.5. The number of nitrogens with zero attached hydrogens (tertiary/aromatic N) is 2. The van der Waals surface area contributed by atoms with Crippen molar-refractivity contribution in [2.75, 3.05) is 18.1 Å². The summed E-state index contributed by atoms with van der Waals surface area (Å²) in [7, 11) is 0. The van der Waals surface area contributed by atoms with E-state index in [4.69, 9.17) is 4.74 Å². The SMILES string of the molecule is O=C1COCc2cc(-c3cccnc3)ccc2N1CC1CCCCC1. The number of carbonyl (C=O) groups excluding carboxylic acids is 1. The molecule has 25 heavy (non-hydrogen) atoms. The Labute approximate surface area is 148 Å². The number of hydrogen-bond acceptors (Lipinski definition) is 3. The van der Waals surface area contributed by atoms with Crippen molar-refractivity contribution in [3.05, 3.63) is 48.3 Å². The summed E-state index contributed by atoms with van der Waals surface area (Å²) in [4.78, 5) is 18.8. The molecule has 1 fully saturated rings. The molecule has 1 aromatic heterocycles. The molecule has 1 saturated carbocycles. The van der Waals surface area contributed by atoms with Crippen LogP contribution in [0.1, 0.15) is 37.7 Å². The van der Waals surface area contributed by atoms with Gasteiger partial charge in [-0.05, 0) is 42.5 Å². The molecule has 4 rings (SSSR count). The third-order valence-electron chi connectivity index (χ3n) is 5.31. The molecule has 4 heteroatoms. The number of fused-ring (bicyclic) bond motifs is 1. The first-order chi connectivity index (χ1) is 12.3. The lowest BCUT2D eigenvalue weighted by Gasteiger charge is -2.30. The minimum atomic E-state index is 0.0819. The highest BCUT2D eigenvalue weighted by Gasteiger charge is 2.26. The highest BCUT2D eigenvalue weighted by molar-refractivity contribution is 5.96. The smallest absolute Gasteiger partial charge is 0.253 e. The van der Waals surface area contributed by atoms with Gasteiger partial charge in [0.05, 0.1) is 6.61 Å². The molecule has 0 saturated heterocycles. The van der Waals surface area contributed by atoms with Gasteiger partial charge in [0.25, 0.3) is 5.91 Å². The van der Waals surface area contributed by atoms with Crippen LogP contribution in [0.25, 0.3) is 11.1 Å². The van der Waals surface area contributed by atoms with Crippen LogP contribution in [0, 0.1) is 5.92 Å². The maximum atomic E-state index is 12.6. The molecule has 2 aliphatic rings. The molecule has 130 valence electrons. The lowest BCUT2D eigenvalue weighted by molar-refractivity contribution is -0.123. The predicted molar refractivity (Wildman–Crippen MR) is 98.3 cm³/mol. The van der Waals surface area contributed by atoms with E-state index in [0.717, 1.165) is 28.9 Å². The highest BCUT2D eigenvalue weighted by Crippen LogP contribution is 2.32. The molecule has 1 amide bonds. The number of rotatable bonds is 3. The van der Waals surface area contributed by atoms with Gasteiger partial charge in [-0.3, -0.25) is 9.78 Å². The van der Waals surface area contributed by atoms with Crippen LogP contribution >= 0.6 is 0 Å². The number of carbonyl (C=O) groups is 1. The van der Waals surface area contributed by atoms with Crippen LogP contribution in [0.5, 0.6) is 0 Å². The van der Waals surface area contributed by atoms with Gasteiger partial charge in [-0.1, -0.05) is 31.4 Å². The number of benzene rings is 1. The van der Waals surface area contributed by atoms with E-state index in [-0.39, 0.29) is 12.5 Å². The molecular formula is C21H24N2O2. The minimum absolute atomic E-state index is 0.0819. The molecule has 2 heterocycles. The first-order valence-electron chi connectivity index (χ1n) is 9.23. The van der Waals surface area contributed by atoms with Crippen molar-refractivity contribution >= 4 is 11.6 Å². The Balaban J connectivity index is 1.64. The van der Waals surface area contributed by atoms with Crippen molar-refractivity contribution in [1.82, 2.24) is 4.98 Å². The van der Waals surface area contributed by atoms with Crippen molar-refractivity contribution in [2.24, 2.45) is 5.92 Å². The summed E-state index contributed by atoms with van der Waals surface area (Å²) in [5.74, 6) is 0.695.